The molecular formula is C20H18ClN5OS. The number of aromatic nitrogens is 2. The van der Waals surface area contributed by atoms with Crippen LogP contribution in [0.4, 0.5) is 5.00 Å². The van der Waals surface area contributed by atoms with Crippen LogP contribution < -0.4 is 5.32 Å². The number of nitrogens with zero attached hydrogens (tertiary/aromatic N) is 4. The highest BCUT2D eigenvalue weighted by molar-refractivity contribution is 7.16. The normalized spacial score (nSPS) is 13.8. The molecule has 1 amide bonds. The number of rotatable bonds is 4. The van der Waals surface area contributed by atoms with Crippen LogP contribution in [0.2, 0.25) is 5.02 Å². The molecule has 3 heterocycles. The Hall–Kier alpha value is -2.66. The van der Waals surface area contributed by atoms with E-state index >= 15 is 0 Å². The van der Waals surface area contributed by atoms with Gasteiger partial charge < -0.3 is 5.32 Å². The Morgan fingerprint density at radius 3 is 2.96 bits per heavy atom. The summed E-state index contributed by atoms with van der Waals surface area (Å²) in [5, 5.41) is 17.9. The predicted octanol–water partition coefficient (Wildman–Crippen LogP) is 3.82. The van der Waals surface area contributed by atoms with Crippen LogP contribution in [0.25, 0.3) is 0 Å². The van der Waals surface area contributed by atoms with E-state index in [2.05, 4.69) is 21.4 Å². The maximum Gasteiger partial charge on any atom is 0.259 e. The summed E-state index contributed by atoms with van der Waals surface area (Å²) in [5.74, 6) is -0.254. The van der Waals surface area contributed by atoms with E-state index in [0.717, 1.165) is 47.1 Å². The number of hydrogen-bond acceptors (Lipinski definition) is 5. The van der Waals surface area contributed by atoms with Crippen molar-refractivity contribution in [3.05, 3.63) is 68.8 Å². The van der Waals surface area contributed by atoms with Gasteiger partial charge in [-0.2, -0.15) is 10.4 Å². The quantitative estimate of drug-likeness (QED) is 0.708. The highest BCUT2D eigenvalue weighted by atomic mass is 35.5. The second kappa shape index (κ2) is 7.76. The molecule has 0 bridgehead atoms. The first-order valence-corrected chi connectivity index (χ1v) is 10.0. The Morgan fingerprint density at radius 1 is 1.43 bits per heavy atom. The molecule has 1 N–H and O–H groups in total. The number of nitrogens with one attached hydrogen (secondary N) is 1. The molecule has 28 heavy (non-hydrogen) atoms. The van der Waals surface area contributed by atoms with Crippen molar-refractivity contribution in [3.63, 3.8) is 0 Å². The molecule has 142 valence electrons. The number of benzene rings is 1. The number of amides is 1. The van der Waals surface area contributed by atoms with E-state index in [1.54, 1.807) is 17.9 Å². The fourth-order valence-electron chi connectivity index (χ4n) is 3.38. The van der Waals surface area contributed by atoms with Gasteiger partial charge in [0.05, 0.1) is 17.3 Å². The molecule has 6 nitrogen and oxygen atoms in total. The highest BCUT2D eigenvalue weighted by Gasteiger charge is 2.26. The summed E-state index contributed by atoms with van der Waals surface area (Å²) in [5.41, 5.74) is 3.19. The summed E-state index contributed by atoms with van der Waals surface area (Å²) >= 11 is 7.77. The van der Waals surface area contributed by atoms with Gasteiger partial charge in [-0.25, -0.2) is 0 Å². The summed E-state index contributed by atoms with van der Waals surface area (Å²) in [6, 6.07) is 10.1. The van der Waals surface area contributed by atoms with Gasteiger partial charge in [0, 0.05) is 42.8 Å². The summed E-state index contributed by atoms with van der Waals surface area (Å²) in [4.78, 5) is 15.9. The number of halogens is 1. The maximum atomic E-state index is 12.5. The van der Waals surface area contributed by atoms with Crippen LogP contribution in [0.1, 0.15) is 31.9 Å². The third-order valence-electron chi connectivity index (χ3n) is 4.79. The van der Waals surface area contributed by atoms with Crippen LogP contribution in [0.15, 0.2) is 36.7 Å². The van der Waals surface area contributed by atoms with Gasteiger partial charge in [-0.3, -0.25) is 14.4 Å². The second-order valence-electron chi connectivity index (χ2n) is 6.73. The molecule has 1 aliphatic heterocycles. The van der Waals surface area contributed by atoms with Crippen molar-refractivity contribution in [3.8, 4) is 6.07 Å². The molecule has 8 heteroatoms. The van der Waals surface area contributed by atoms with Crippen molar-refractivity contribution in [1.82, 2.24) is 14.7 Å². The van der Waals surface area contributed by atoms with Crippen molar-refractivity contribution < 1.29 is 4.79 Å². The minimum absolute atomic E-state index is 0.254. The van der Waals surface area contributed by atoms with Crippen molar-refractivity contribution in [1.29, 1.82) is 5.26 Å². The lowest BCUT2D eigenvalue weighted by Gasteiger charge is -2.27. The number of hydrogen-bond donors (Lipinski definition) is 1. The minimum atomic E-state index is -0.254. The van der Waals surface area contributed by atoms with Crippen molar-refractivity contribution in [2.45, 2.75) is 19.5 Å². The van der Waals surface area contributed by atoms with E-state index in [1.807, 2.05) is 24.3 Å². The van der Waals surface area contributed by atoms with Crippen LogP contribution in [-0.2, 0) is 26.6 Å². The number of anilines is 1. The van der Waals surface area contributed by atoms with Gasteiger partial charge >= 0.3 is 0 Å². The molecule has 0 atom stereocenters. The van der Waals surface area contributed by atoms with E-state index in [4.69, 9.17) is 11.6 Å². The summed E-state index contributed by atoms with van der Waals surface area (Å²) in [6.45, 7) is 2.35. The average molecular weight is 412 g/mol. The minimum Gasteiger partial charge on any atom is -0.312 e. The Kier molecular flexibility index (Phi) is 5.18. The van der Waals surface area contributed by atoms with Gasteiger partial charge in [-0.1, -0.05) is 29.8 Å². The van der Waals surface area contributed by atoms with Crippen molar-refractivity contribution in [2.24, 2.45) is 7.05 Å². The summed E-state index contributed by atoms with van der Waals surface area (Å²) in [7, 11) is 1.76. The Labute approximate surface area is 172 Å². The number of nitriles is 1. The third-order valence-corrected chi connectivity index (χ3v) is 6.29. The van der Waals surface area contributed by atoms with Crippen molar-refractivity contribution in [2.75, 3.05) is 11.9 Å². The molecule has 3 aromatic rings. The number of fused-ring (bicyclic) bond motifs is 1. The maximum absolute atomic E-state index is 12.5. The molecule has 0 radical (unpaired) electrons. The zero-order valence-electron chi connectivity index (χ0n) is 15.3. The first kappa shape index (κ1) is 18.7. The summed E-state index contributed by atoms with van der Waals surface area (Å²) in [6.07, 6.45) is 3.95. The molecular weight excluding hydrogens is 394 g/mol. The molecule has 0 saturated heterocycles. The average Bonchev–Trinajstić information content (AvgIpc) is 3.26. The number of carbonyl (C=O) groups excluding carboxylic acids is 1. The molecule has 0 fully saturated rings. The van der Waals surface area contributed by atoms with E-state index in [0.29, 0.717) is 16.1 Å². The van der Waals surface area contributed by atoms with E-state index in [1.165, 1.54) is 17.5 Å². The Balaban J connectivity index is 1.53. The molecule has 0 saturated carbocycles. The monoisotopic (exact) mass is 411 g/mol. The van der Waals surface area contributed by atoms with Crippen LogP contribution in [0.3, 0.4) is 0 Å². The Bertz CT molecular complexity index is 1080. The largest absolute Gasteiger partial charge is 0.312 e. The van der Waals surface area contributed by atoms with Gasteiger partial charge in [-0.05, 0) is 23.6 Å². The predicted molar refractivity (Wildman–Crippen MR) is 109 cm³/mol. The lowest BCUT2D eigenvalue weighted by molar-refractivity contribution is 0.102. The molecule has 2 aromatic heterocycles. The third kappa shape index (κ3) is 3.67. The molecule has 4 rings (SSSR count). The van der Waals surface area contributed by atoms with Gasteiger partial charge in [0.15, 0.2) is 0 Å². The van der Waals surface area contributed by atoms with Crippen LogP contribution >= 0.6 is 22.9 Å². The van der Waals surface area contributed by atoms with E-state index in [-0.39, 0.29) is 5.91 Å². The van der Waals surface area contributed by atoms with Crippen molar-refractivity contribution >= 4 is 33.8 Å². The molecule has 1 aromatic carbocycles. The van der Waals surface area contributed by atoms with Gasteiger partial charge in [0.25, 0.3) is 5.91 Å². The fourth-order valence-corrected chi connectivity index (χ4v) is 4.81. The highest BCUT2D eigenvalue weighted by Crippen LogP contribution is 2.37. The number of carbonyl (C=O) groups is 1. The molecule has 0 aliphatic carbocycles. The molecule has 0 unspecified atom stereocenters. The lowest BCUT2D eigenvalue weighted by atomic mass is 10.0. The fraction of sp³-hybridized carbons (Fsp3) is 0.250. The van der Waals surface area contributed by atoms with Crippen LogP contribution in [0.5, 0.6) is 0 Å². The zero-order valence-corrected chi connectivity index (χ0v) is 16.8. The smallest absolute Gasteiger partial charge is 0.259 e. The van der Waals surface area contributed by atoms with Crippen LogP contribution in [0, 0.1) is 11.3 Å². The Morgan fingerprint density at radius 2 is 2.25 bits per heavy atom. The van der Waals surface area contributed by atoms with E-state index < -0.39 is 0 Å². The lowest BCUT2D eigenvalue weighted by Crippen LogP contribution is -2.29. The molecule has 1 aliphatic rings. The zero-order chi connectivity index (χ0) is 19.7. The first-order valence-electron chi connectivity index (χ1n) is 8.85. The SMILES string of the molecule is Cn1cc(C(=O)Nc2sc3c(c2C#N)CCN(Cc2ccccc2Cl)C3)cn1. The summed E-state index contributed by atoms with van der Waals surface area (Å²) < 4.78 is 1.58. The second-order valence-corrected chi connectivity index (χ2v) is 8.24. The van der Waals surface area contributed by atoms with Gasteiger partial charge in [-0.15, -0.1) is 11.3 Å². The topological polar surface area (TPSA) is 74.0 Å². The van der Waals surface area contributed by atoms with E-state index in [9.17, 15) is 10.1 Å². The molecule has 0 spiro atoms. The van der Waals surface area contributed by atoms with Gasteiger partial charge in [0.2, 0.25) is 0 Å². The van der Waals surface area contributed by atoms with Crippen LogP contribution in [-0.4, -0.2) is 27.1 Å². The number of aryl methyl sites for hydroxylation is 1. The standard InChI is InChI=1S/C20H18ClN5OS/c1-25-10-14(9-23-25)19(27)24-20-16(8-22)15-6-7-26(12-18(15)28-20)11-13-4-2-3-5-17(13)21/h2-5,9-10H,6-7,11-12H2,1H3,(H,24,27). The van der Waals surface area contributed by atoms with Gasteiger partial charge in [0.1, 0.15) is 11.1 Å². The first-order chi connectivity index (χ1) is 13.5. The number of thiophene rings is 1.